The van der Waals surface area contributed by atoms with E-state index in [1.807, 2.05) is 0 Å². The predicted molar refractivity (Wildman–Crippen MR) is 211 cm³/mol. The first-order chi connectivity index (χ1) is 20.3. The highest BCUT2D eigenvalue weighted by Crippen LogP contribution is 2.28. The Labute approximate surface area is 292 Å². The van der Waals surface area contributed by atoms with E-state index in [0.717, 1.165) is 24.9 Å². The van der Waals surface area contributed by atoms with Crippen LogP contribution in [-0.4, -0.2) is 116 Å². The second-order valence-electron chi connectivity index (χ2n) is 17.3. The van der Waals surface area contributed by atoms with Crippen molar-refractivity contribution in [3.05, 3.63) is 0 Å². The molecule has 0 aromatic carbocycles. The van der Waals surface area contributed by atoms with E-state index < -0.39 is 79.7 Å². The van der Waals surface area contributed by atoms with E-state index in [9.17, 15) is 10.2 Å². The Morgan fingerprint density at radius 3 is 0.891 bits per heavy atom. The third-order valence-corrected chi connectivity index (χ3v) is 34.6. The third kappa shape index (κ3) is 23.7. The average Bonchev–Trinajstić information content (AvgIpc) is 2.73. The van der Waals surface area contributed by atoms with Crippen LogP contribution in [0.4, 0.5) is 0 Å². The van der Waals surface area contributed by atoms with Crippen molar-refractivity contribution in [3.63, 3.8) is 0 Å². The van der Waals surface area contributed by atoms with E-state index in [0.29, 0.717) is 13.2 Å². The maximum atomic E-state index is 10.0. The topological polar surface area (TPSA) is 114 Å². The third-order valence-electron chi connectivity index (χ3n) is 6.42. The zero-order chi connectivity index (χ0) is 36.5. The van der Waals surface area contributed by atoms with Crippen molar-refractivity contribution >= 4 is 67.5 Å². The van der Waals surface area contributed by atoms with Crippen molar-refractivity contribution in [2.45, 2.75) is 155 Å². The molecule has 0 unspecified atom stereocenters. The lowest BCUT2D eigenvalue weighted by Crippen LogP contribution is -2.56. The Morgan fingerprint density at radius 2 is 0.652 bits per heavy atom. The van der Waals surface area contributed by atoms with Gasteiger partial charge in [0.05, 0.1) is 13.2 Å². The quantitative estimate of drug-likeness (QED) is 0.0712. The highest BCUT2D eigenvalue weighted by atomic mass is 28.5. The van der Waals surface area contributed by atoms with Gasteiger partial charge in [0.2, 0.25) is 0 Å². The summed E-state index contributed by atoms with van der Waals surface area (Å²) in [6.45, 7) is 39.4. The van der Waals surface area contributed by atoms with Crippen LogP contribution >= 0.6 is 0 Å². The van der Waals surface area contributed by atoms with Crippen LogP contribution in [-0.2, 0) is 34.2 Å². The van der Waals surface area contributed by atoms with E-state index in [1.54, 1.807) is 0 Å². The maximum Gasteiger partial charge on any atom is 0.312 e. The number of ether oxygens (including phenoxy) is 2. The first kappa shape index (κ1) is 47.3. The van der Waals surface area contributed by atoms with Gasteiger partial charge in [0, 0.05) is 13.2 Å². The fourth-order valence-corrected chi connectivity index (χ4v) is 43.1. The summed E-state index contributed by atoms with van der Waals surface area (Å²) in [4.78, 5) is 0. The van der Waals surface area contributed by atoms with Gasteiger partial charge in [-0.15, -0.1) is 0 Å². The van der Waals surface area contributed by atoms with Gasteiger partial charge in [0.25, 0.3) is 0 Å². The monoisotopic (exact) mass is 794 g/mol. The number of aliphatic hydroxyl groups excluding tert-OH is 2. The highest BCUT2D eigenvalue weighted by Gasteiger charge is 2.43. The van der Waals surface area contributed by atoms with E-state index in [2.05, 4.69) is 118 Å². The minimum absolute atomic E-state index is 0.215. The minimum Gasteiger partial charge on any atom is -0.437 e. The summed E-state index contributed by atoms with van der Waals surface area (Å²) in [5, 5.41) is 20.1. The summed E-state index contributed by atoms with van der Waals surface area (Å²) in [5.41, 5.74) is 0. The molecule has 0 aliphatic heterocycles. The highest BCUT2D eigenvalue weighted by molar-refractivity contribution is 6.90. The zero-order valence-electron chi connectivity index (χ0n) is 33.0. The van der Waals surface area contributed by atoms with Crippen LogP contribution < -0.4 is 0 Å². The fourth-order valence-electron chi connectivity index (χ4n) is 6.20. The van der Waals surface area contributed by atoms with Crippen LogP contribution in [0.2, 0.25) is 130 Å². The molecule has 0 aromatic rings. The van der Waals surface area contributed by atoms with Crippen molar-refractivity contribution < 1.29 is 44.4 Å². The second kappa shape index (κ2) is 18.7. The molecule has 2 N–H and O–H groups in total. The molecule has 0 fully saturated rings. The van der Waals surface area contributed by atoms with Crippen LogP contribution in [0.1, 0.15) is 12.8 Å². The van der Waals surface area contributed by atoms with Gasteiger partial charge in [-0.3, -0.25) is 0 Å². The predicted octanol–water partition coefficient (Wildman–Crippen LogP) is 7.51. The standard InChI is InChI=1S/C28H74O10Si8/c1-39(2,3)33-43(11,12)37-45(15,16)35-41(7,8)23-19-21-31-27(25-29)28(26-30)32-22-20-24-42(9,10)36-46(17,18)38-44(13,14)34-40(4,5)6/h27-30H,19-26H2,1-18H3/t27-,28-/m1/s1. The Morgan fingerprint density at radius 1 is 0.391 bits per heavy atom. The molecule has 0 amide bonds. The molecule has 10 nitrogen and oxygen atoms in total. The fraction of sp³-hybridized carbons (Fsp3) is 1.00. The van der Waals surface area contributed by atoms with Crippen LogP contribution in [0.15, 0.2) is 0 Å². The van der Waals surface area contributed by atoms with Crippen molar-refractivity contribution in [1.82, 2.24) is 0 Å². The summed E-state index contributed by atoms with van der Waals surface area (Å²) in [7, 11) is -16.8. The summed E-state index contributed by atoms with van der Waals surface area (Å²) >= 11 is 0. The Hall–Kier alpha value is 1.34. The van der Waals surface area contributed by atoms with E-state index in [-0.39, 0.29) is 13.2 Å². The molecule has 0 aliphatic carbocycles. The lowest BCUT2D eigenvalue weighted by molar-refractivity contribution is -0.109. The molecule has 18 heteroatoms. The van der Waals surface area contributed by atoms with Gasteiger partial charge in [0.15, 0.2) is 33.3 Å². The summed E-state index contributed by atoms with van der Waals surface area (Å²) in [5.74, 6) is 0. The molecule has 0 aromatic heterocycles. The number of hydrogen-bond acceptors (Lipinski definition) is 10. The van der Waals surface area contributed by atoms with Crippen LogP contribution in [0.25, 0.3) is 0 Å². The molecule has 0 heterocycles. The van der Waals surface area contributed by atoms with E-state index in [1.165, 1.54) is 0 Å². The van der Waals surface area contributed by atoms with Crippen molar-refractivity contribution in [2.24, 2.45) is 0 Å². The Bertz CT molecular complexity index is 807. The molecule has 0 rings (SSSR count). The molecular weight excluding hydrogens is 721 g/mol. The molecule has 0 aliphatic rings. The SMILES string of the molecule is C[Si](C)(C)O[Si](C)(C)O[Si](C)(C)O[Si](C)(C)CCCO[C@H](CO)[C@@H](CO)OCCC[Si](C)(C)O[Si](C)(C)O[Si](C)(C)O[Si](C)(C)C. The van der Waals surface area contributed by atoms with Gasteiger partial charge >= 0.3 is 34.2 Å². The van der Waals surface area contributed by atoms with Crippen molar-refractivity contribution in [3.8, 4) is 0 Å². The summed E-state index contributed by atoms with van der Waals surface area (Å²) in [6.07, 6.45) is 0.420. The second-order valence-corrected chi connectivity index (χ2v) is 49.9. The number of hydrogen-bond donors (Lipinski definition) is 2. The normalized spacial score (nSPS) is 16.2. The molecule has 278 valence electrons. The maximum absolute atomic E-state index is 10.0. The van der Waals surface area contributed by atoms with E-state index >= 15 is 0 Å². The molecule has 0 saturated carbocycles. The van der Waals surface area contributed by atoms with Gasteiger partial charge in [0.1, 0.15) is 12.2 Å². The molecule has 0 spiro atoms. The smallest absolute Gasteiger partial charge is 0.312 e. The number of aliphatic hydroxyl groups is 2. The van der Waals surface area contributed by atoms with Crippen molar-refractivity contribution in [2.75, 3.05) is 26.4 Å². The first-order valence-electron chi connectivity index (χ1n) is 17.0. The lowest BCUT2D eigenvalue weighted by Gasteiger charge is -2.40. The minimum atomic E-state index is -2.38. The van der Waals surface area contributed by atoms with Gasteiger partial charge in [-0.2, -0.15) is 0 Å². The molecule has 0 bridgehead atoms. The molecule has 2 atom stereocenters. The average molecular weight is 796 g/mol. The summed E-state index contributed by atoms with van der Waals surface area (Å²) < 4.78 is 51.3. The van der Waals surface area contributed by atoms with Crippen molar-refractivity contribution in [1.29, 1.82) is 0 Å². The zero-order valence-corrected chi connectivity index (χ0v) is 41.0. The summed E-state index contributed by atoms with van der Waals surface area (Å²) in [6, 6.07) is 1.80. The number of rotatable bonds is 25. The van der Waals surface area contributed by atoms with Gasteiger partial charge in [-0.05, 0) is 143 Å². The van der Waals surface area contributed by atoms with Gasteiger partial charge < -0.3 is 44.4 Å². The van der Waals surface area contributed by atoms with Gasteiger partial charge in [-0.1, -0.05) is 0 Å². The van der Waals surface area contributed by atoms with Crippen LogP contribution in [0.3, 0.4) is 0 Å². The van der Waals surface area contributed by atoms with Gasteiger partial charge in [-0.25, -0.2) is 0 Å². The molecular formula is C28H74O10Si8. The molecule has 46 heavy (non-hydrogen) atoms. The molecule has 0 saturated heterocycles. The molecule has 0 radical (unpaired) electrons. The van der Waals surface area contributed by atoms with Crippen LogP contribution in [0.5, 0.6) is 0 Å². The van der Waals surface area contributed by atoms with Crippen LogP contribution in [0, 0.1) is 0 Å². The first-order valence-corrected chi connectivity index (χ1v) is 41.3. The Kier molecular flexibility index (Phi) is 19.3. The van der Waals surface area contributed by atoms with E-state index in [4.69, 9.17) is 34.2 Å². The Balaban J connectivity index is 4.80. The lowest BCUT2D eigenvalue weighted by atomic mass is 10.2. The largest absolute Gasteiger partial charge is 0.437 e.